The number of nitrogens with two attached hydrogens (primary N) is 1. The largest absolute Gasteiger partial charge is 0.346 e. The van der Waals surface area contributed by atoms with Crippen molar-refractivity contribution < 1.29 is 0 Å². The summed E-state index contributed by atoms with van der Waals surface area (Å²) in [7, 11) is 2.10. The highest BCUT2D eigenvalue weighted by molar-refractivity contribution is 7.15. The second-order valence-electron chi connectivity index (χ2n) is 6.68. The highest BCUT2D eigenvalue weighted by atomic mass is 32.1. The SMILES string of the molecule is Cc1ncsc1CN(C)c1nc2c(s1)C(N)CC(C)(C)C2. The van der Waals surface area contributed by atoms with Crippen molar-refractivity contribution in [3.05, 3.63) is 26.7 Å². The molecule has 2 N–H and O–H groups in total. The summed E-state index contributed by atoms with van der Waals surface area (Å²) < 4.78 is 0. The second kappa shape index (κ2) is 5.34. The molecule has 1 aliphatic rings. The van der Waals surface area contributed by atoms with E-state index in [1.165, 1.54) is 15.4 Å². The van der Waals surface area contributed by atoms with E-state index >= 15 is 0 Å². The molecule has 114 valence electrons. The van der Waals surface area contributed by atoms with Gasteiger partial charge in [-0.05, 0) is 25.2 Å². The van der Waals surface area contributed by atoms with E-state index < -0.39 is 0 Å². The zero-order valence-corrected chi connectivity index (χ0v) is 14.6. The van der Waals surface area contributed by atoms with Crippen molar-refractivity contribution in [3.63, 3.8) is 0 Å². The fourth-order valence-electron chi connectivity index (χ4n) is 2.90. The van der Waals surface area contributed by atoms with Gasteiger partial charge in [0.25, 0.3) is 0 Å². The predicted octanol–water partition coefficient (Wildman–Crippen LogP) is 3.52. The third-order valence-corrected chi connectivity index (χ3v) is 6.29. The molecule has 21 heavy (non-hydrogen) atoms. The van der Waals surface area contributed by atoms with Gasteiger partial charge < -0.3 is 10.6 Å². The lowest BCUT2D eigenvalue weighted by Crippen LogP contribution is -2.28. The second-order valence-corrected chi connectivity index (χ2v) is 8.62. The Balaban J connectivity index is 1.83. The van der Waals surface area contributed by atoms with Gasteiger partial charge in [0.2, 0.25) is 0 Å². The monoisotopic (exact) mass is 322 g/mol. The van der Waals surface area contributed by atoms with Gasteiger partial charge in [-0.1, -0.05) is 25.2 Å². The van der Waals surface area contributed by atoms with E-state index in [1.54, 1.807) is 22.7 Å². The molecule has 0 fully saturated rings. The maximum Gasteiger partial charge on any atom is 0.185 e. The van der Waals surface area contributed by atoms with Gasteiger partial charge in [-0.2, -0.15) is 0 Å². The summed E-state index contributed by atoms with van der Waals surface area (Å²) in [6, 6.07) is 0.133. The van der Waals surface area contributed by atoms with Gasteiger partial charge in [0.15, 0.2) is 5.13 Å². The van der Waals surface area contributed by atoms with Crippen molar-refractivity contribution in [3.8, 4) is 0 Å². The summed E-state index contributed by atoms with van der Waals surface area (Å²) in [5.74, 6) is 0. The molecule has 0 amide bonds. The number of thiazole rings is 2. The molecule has 0 radical (unpaired) electrons. The molecule has 3 rings (SSSR count). The van der Waals surface area contributed by atoms with Crippen LogP contribution in [0.25, 0.3) is 0 Å². The summed E-state index contributed by atoms with van der Waals surface area (Å²) in [5, 5.41) is 1.07. The number of hydrogen-bond acceptors (Lipinski definition) is 6. The first-order valence-electron chi connectivity index (χ1n) is 7.21. The van der Waals surface area contributed by atoms with E-state index in [9.17, 15) is 0 Å². The van der Waals surface area contributed by atoms with Gasteiger partial charge in [-0.25, -0.2) is 9.97 Å². The number of aromatic nitrogens is 2. The summed E-state index contributed by atoms with van der Waals surface area (Å²) >= 11 is 3.46. The van der Waals surface area contributed by atoms with Gasteiger partial charge in [0.05, 0.1) is 23.4 Å². The smallest absolute Gasteiger partial charge is 0.185 e. The molecule has 2 heterocycles. The number of fused-ring (bicyclic) bond motifs is 1. The molecular formula is C15H22N4S2. The van der Waals surface area contributed by atoms with Gasteiger partial charge in [0, 0.05) is 22.8 Å². The first-order valence-corrected chi connectivity index (χ1v) is 8.90. The van der Waals surface area contributed by atoms with Crippen molar-refractivity contribution in [2.45, 2.75) is 46.2 Å². The Bertz CT molecular complexity index is 644. The summed E-state index contributed by atoms with van der Waals surface area (Å²) in [6.07, 6.45) is 2.07. The maximum absolute atomic E-state index is 6.34. The summed E-state index contributed by atoms with van der Waals surface area (Å²) in [6.45, 7) is 7.48. The topological polar surface area (TPSA) is 55.0 Å². The van der Waals surface area contributed by atoms with E-state index in [1.807, 2.05) is 5.51 Å². The average Bonchev–Trinajstić information content (AvgIpc) is 2.95. The van der Waals surface area contributed by atoms with Crippen LogP contribution in [0.3, 0.4) is 0 Å². The van der Waals surface area contributed by atoms with Crippen LogP contribution in [0.1, 0.15) is 47.5 Å². The minimum atomic E-state index is 0.133. The minimum absolute atomic E-state index is 0.133. The fraction of sp³-hybridized carbons (Fsp3) is 0.600. The van der Waals surface area contributed by atoms with Crippen LogP contribution in [-0.2, 0) is 13.0 Å². The lowest BCUT2D eigenvalue weighted by Gasteiger charge is -2.32. The first-order chi connectivity index (χ1) is 9.85. The molecule has 6 heteroatoms. The quantitative estimate of drug-likeness (QED) is 0.939. The lowest BCUT2D eigenvalue weighted by molar-refractivity contribution is 0.282. The van der Waals surface area contributed by atoms with Crippen molar-refractivity contribution in [1.82, 2.24) is 9.97 Å². The Hall–Kier alpha value is -0.980. The van der Waals surface area contributed by atoms with Gasteiger partial charge in [0.1, 0.15) is 0 Å². The van der Waals surface area contributed by atoms with Crippen LogP contribution in [0, 0.1) is 12.3 Å². The van der Waals surface area contributed by atoms with Crippen LogP contribution >= 0.6 is 22.7 Å². The zero-order chi connectivity index (χ0) is 15.2. The van der Waals surface area contributed by atoms with Crippen LogP contribution < -0.4 is 10.6 Å². The first kappa shape index (κ1) is 14.9. The minimum Gasteiger partial charge on any atom is -0.346 e. The number of hydrogen-bond donors (Lipinski definition) is 1. The summed E-state index contributed by atoms with van der Waals surface area (Å²) in [5.41, 5.74) is 10.8. The molecule has 4 nitrogen and oxygen atoms in total. The Morgan fingerprint density at radius 3 is 2.90 bits per heavy atom. The van der Waals surface area contributed by atoms with E-state index in [-0.39, 0.29) is 11.5 Å². The molecule has 0 spiro atoms. The molecule has 0 aliphatic heterocycles. The molecule has 0 saturated carbocycles. The van der Waals surface area contributed by atoms with Crippen LogP contribution in [0.2, 0.25) is 0 Å². The summed E-state index contributed by atoms with van der Waals surface area (Å²) in [4.78, 5) is 14.0. The highest BCUT2D eigenvalue weighted by Gasteiger charge is 2.33. The predicted molar refractivity (Wildman–Crippen MR) is 90.1 cm³/mol. The van der Waals surface area contributed by atoms with E-state index in [0.29, 0.717) is 0 Å². The van der Waals surface area contributed by atoms with E-state index in [2.05, 4.69) is 37.7 Å². The Labute approximate surface area is 134 Å². The van der Waals surface area contributed by atoms with Crippen molar-refractivity contribution >= 4 is 27.8 Å². The van der Waals surface area contributed by atoms with Crippen molar-refractivity contribution in [1.29, 1.82) is 0 Å². The lowest BCUT2D eigenvalue weighted by atomic mass is 9.77. The molecule has 0 saturated heterocycles. The molecule has 0 aromatic carbocycles. The van der Waals surface area contributed by atoms with Crippen molar-refractivity contribution in [2.24, 2.45) is 11.1 Å². The van der Waals surface area contributed by atoms with Crippen LogP contribution in [0.15, 0.2) is 5.51 Å². The fourth-order valence-corrected chi connectivity index (χ4v) is 4.78. The van der Waals surface area contributed by atoms with Gasteiger partial charge in [-0.3, -0.25) is 0 Å². The van der Waals surface area contributed by atoms with Crippen LogP contribution in [0.5, 0.6) is 0 Å². The Kier molecular flexibility index (Phi) is 3.80. The number of nitrogens with zero attached hydrogens (tertiary/aromatic N) is 3. The van der Waals surface area contributed by atoms with Crippen molar-refractivity contribution in [2.75, 3.05) is 11.9 Å². The zero-order valence-electron chi connectivity index (χ0n) is 13.0. The van der Waals surface area contributed by atoms with E-state index in [0.717, 1.165) is 30.2 Å². The van der Waals surface area contributed by atoms with Gasteiger partial charge >= 0.3 is 0 Å². The van der Waals surface area contributed by atoms with Gasteiger partial charge in [-0.15, -0.1) is 11.3 Å². The Morgan fingerprint density at radius 2 is 2.24 bits per heavy atom. The molecule has 2 aromatic rings. The average molecular weight is 323 g/mol. The molecule has 2 aromatic heterocycles. The number of anilines is 1. The number of aryl methyl sites for hydroxylation is 1. The third kappa shape index (κ3) is 2.98. The van der Waals surface area contributed by atoms with Crippen LogP contribution in [-0.4, -0.2) is 17.0 Å². The normalized spacial score (nSPS) is 20.3. The number of rotatable bonds is 3. The Morgan fingerprint density at radius 1 is 1.48 bits per heavy atom. The highest BCUT2D eigenvalue weighted by Crippen LogP contribution is 2.43. The standard InChI is InChI=1S/C15H22N4S2/c1-9-12(20-8-17-9)7-19(4)14-18-11-6-15(2,3)5-10(16)13(11)21-14/h8,10H,5-7,16H2,1-4H3. The molecule has 1 atom stereocenters. The third-order valence-electron chi connectivity index (χ3n) is 4.02. The molecule has 0 bridgehead atoms. The maximum atomic E-state index is 6.34. The molecule has 1 aliphatic carbocycles. The van der Waals surface area contributed by atoms with E-state index in [4.69, 9.17) is 10.7 Å². The molecule has 1 unspecified atom stereocenters. The van der Waals surface area contributed by atoms with Crippen LogP contribution in [0.4, 0.5) is 5.13 Å². The molecular weight excluding hydrogens is 300 g/mol.